The van der Waals surface area contributed by atoms with Gasteiger partial charge in [-0.15, -0.1) is 0 Å². The second-order valence-corrected chi connectivity index (χ2v) is 2.81. The quantitative estimate of drug-likeness (QED) is 0.517. The molecule has 0 unspecified atom stereocenters. The van der Waals surface area contributed by atoms with Crippen molar-refractivity contribution in [2.75, 3.05) is 7.11 Å². The van der Waals surface area contributed by atoms with Crippen LogP contribution in [0.15, 0.2) is 61.4 Å². The zero-order chi connectivity index (χ0) is 10.2. The van der Waals surface area contributed by atoms with E-state index in [1.54, 1.807) is 13.4 Å². The summed E-state index contributed by atoms with van der Waals surface area (Å²) in [5.41, 5.74) is 2.13. The van der Waals surface area contributed by atoms with Gasteiger partial charge in [0.2, 0.25) is 0 Å². The van der Waals surface area contributed by atoms with Gasteiger partial charge in [-0.05, 0) is 17.2 Å². The smallest absolute Gasteiger partial charge is 0.0824 e. The highest BCUT2D eigenvalue weighted by Gasteiger charge is 1.90. The molecule has 1 nitrogen and oxygen atoms in total. The molecular weight excluding hydrogens is 172 g/mol. The van der Waals surface area contributed by atoms with Crippen LogP contribution in [0.25, 0.3) is 5.57 Å². The molecule has 1 heteroatoms. The molecule has 1 aromatic carbocycles. The first-order valence-electron chi connectivity index (χ1n) is 4.45. The van der Waals surface area contributed by atoms with Crippen LogP contribution < -0.4 is 0 Å². The van der Waals surface area contributed by atoms with Crippen LogP contribution >= 0.6 is 0 Å². The summed E-state index contributed by atoms with van der Waals surface area (Å²) < 4.78 is 4.77. The molecular formula is C13H14O. The van der Waals surface area contributed by atoms with Crippen molar-refractivity contribution in [3.05, 3.63) is 67.0 Å². The molecule has 1 aromatic rings. The predicted molar refractivity (Wildman–Crippen MR) is 60.8 cm³/mol. The molecule has 0 saturated carbocycles. The molecule has 0 fully saturated rings. The summed E-state index contributed by atoms with van der Waals surface area (Å²) in [6.07, 6.45) is 7.30. The molecule has 0 saturated heterocycles. The van der Waals surface area contributed by atoms with E-state index in [1.165, 1.54) is 0 Å². The van der Waals surface area contributed by atoms with Crippen molar-refractivity contribution < 1.29 is 4.74 Å². The van der Waals surface area contributed by atoms with E-state index in [9.17, 15) is 0 Å². The van der Waals surface area contributed by atoms with Crippen LogP contribution in [0.5, 0.6) is 0 Å². The summed E-state index contributed by atoms with van der Waals surface area (Å²) in [4.78, 5) is 0. The summed E-state index contributed by atoms with van der Waals surface area (Å²) in [6, 6.07) is 10.1. The minimum absolute atomic E-state index is 0.992. The van der Waals surface area contributed by atoms with Gasteiger partial charge in [0.1, 0.15) is 0 Å². The lowest BCUT2D eigenvalue weighted by atomic mass is 10.1. The van der Waals surface area contributed by atoms with Gasteiger partial charge in [-0.1, -0.05) is 49.1 Å². The Labute approximate surface area is 85.0 Å². The standard InChI is InChI=1S/C13H14O/c1-12(8-6-7-11-14-2)13-9-4-3-5-10-13/h3-11H,1H2,2H3/b8-6-,11-7-. The van der Waals surface area contributed by atoms with Gasteiger partial charge < -0.3 is 4.74 Å². The molecule has 0 N–H and O–H groups in total. The molecule has 0 bridgehead atoms. The Hall–Kier alpha value is -1.76. The van der Waals surface area contributed by atoms with Crippen LogP contribution in [0, 0.1) is 0 Å². The highest BCUT2D eigenvalue weighted by atomic mass is 16.5. The van der Waals surface area contributed by atoms with Crippen molar-refractivity contribution in [3.8, 4) is 0 Å². The lowest BCUT2D eigenvalue weighted by molar-refractivity contribution is 0.338. The fourth-order valence-corrected chi connectivity index (χ4v) is 1.04. The van der Waals surface area contributed by atoms with Crippen molar-refractivity contribution in [3.63, 3.8) is 0 Å². The topological polar surface area (TPSA) is 9.23 Å². The normalized spacial score (nSPS) is 10.9. The average Bonchev–Trinajstić information content (AvgIpc) is 2.25. The first-order chi connectivity index (χ1) is 6.84. The van der Waals surface area contributed by atoms with E-state index in [-0.39, 0.29) is 0 Å². The highest BCUT2D eigenvalue weighted by molar-refractivity contribution is 5.72. The van der Waals surface area contributed by atoms with E-state index >= 15 is 0 Å². The van der Waals surface area contributed by atoms with E-state index < -0.39 is 0 Å². The third-order valence-corrected chi connectivity index (χ3v) is 1.77. The maximum absolute atomic E-state index is 4.77. The van der Waals surface area contributed by atoms with Crippen molar-refractivity contribution >= 4 is 5.57 Å². The van der Waals surface area contributed by atoms with Gasteiger partial charge >= 0.3 is 0 Å². The van der Waals surface area contributed by atoms with Gasteiger partial charge in [0.25, 0.3) is 0 Å². The molecule has 0 aliphatic heterocycles. The fourth-order valence-electron chi connectivity index (χ4n) is 1.04. The Bertz CT molecular complexity index is 334. The van der Waals surface area contributed by atoms with Crippen LogP contribution in [-0.2, 0) is 4.74 Å². The molecule has 0 aliphatic rings. The number of hydrogen-bond donors (Lipinski definition) is 0. The van der Waals surface area contributed by atoms with Crippen LogP contribution in [0.4, 0.5) is 0 Å². The van der Waals surface area contributed by atoms with Gasteiger partial charge in [-0.25, -0.2) is 0 Å². The molecule has 1 rings (SSSR count). The van der Waals surface area contributed by atoms with Gasteiger partial charge in [0.15, 0.2) is 0 Å². The molecule has 0 atom stereocenters. The van der Waals surface area contributed by atoms with Crippen molar-refractivity contribution in [1.29, 1.82) is 0 Å². The average molecular weight is 186 g/mol. The molecule has 72 valence electrons. The van der Waals surface area contributed by atoms with Crippen LogP contribution in [0.1, 0.15) is 5.56 Å². The number of ether oxygens (including phenoxy) is 1. The third kappa shape index (κ3) is 3.31. The minimum Gasteiger partial charge on any atom is -0.504 e. The second kappa shape index (κ2) is 5.81. The van der Waals surface area contributed by atoms with Crippen molar-refractivity contribution in [2.45, 2.75) is 0 Å². The molecule has 0 spiro atoms. The largest absolute Gasteiger partial charge is 0.504 e. The van der Waals surface area contributed by atoms with E-state index in [0.29, 0.717) is 0 Å². The fraction of sp³-hybridized carbons (Fsp3) is 0.0769. The zero-order valence-corrected chi connectivity index (χ0v) is 8.31. The van der Waals surface area contributed by atoms with Gasteiger partial charge in [0, 0.05) is 0 Å². The summed E-state index contributed by atoms with van der Waals surface area (Å²) in [7, 11) is 1.62. The molecule has 0 amide bonds. The van der Waals surface area contributed by atoms with E-state index in [1.807, 2.05) is 48.6 Å². The van der Waals surface area contributed by atoms with Crippen molar-refractivity contribution in [1.82, 2.24) is 0 Å². The Morgan fingerprint density at radius 3 is 2.57 bits per heavy atom. The molecule has 0 heterocycles. The van der Waals surface area contributed by atoms with Crippen LogP contribution in [0.3, 0.4) is 0 Å². The van der Waals surface area contributed by atoms with Crippen LogP contribution in [-0.4, -0.2) is 7.11 Å². The predicted octanol–water partition coefficient (Wildman–Crippen LogP) is 3.42. The number of methoxy groups -OCH3 is 1. The zero-order valence-electron chi connectivity index (χ0n) is 8.31. The molecule has 0 radical (unpaired) electrons. The Morgan fingerprint density at radius 1 is 1.21 bits per heavy atom. The highest BCUT2D eigenvalue weighted by Crippen LogP contribution is 2.12. The minimum atomic E-state index is 0.992. The molecule has 14 heavy (non-hydrogen) atoms. The first-order valence-corrected chi connectivity index (χ1v) is 4.45. The third-order valence-electron chi connectivity index (χ3n) is 1.77. The summed E-state index contributed by atoms with van der Waals surface area (Å²) >= 11 is 0. The lowest BCUT2D eigenvalue weighted by Gasteiger charge is -1.97. The number of allylic oxidation sites excluding steroid dienone is 4. The number of benzene rings is 1. The van der Waals surface area contributed by atoms with Gasteiger partial charge in [0.05, 0.1) is 13.4 Å². The maximum atomic E-state index is 4.77. The lowest BCUT2D eigenvalue weighted by Crippen LogP contribution is -1.76. The van der Waals surface area contributed by atoms with Gasteiger partial charge in [-0.2, -0.15) is 0 Å². The Morgan fingerprint density at radius 2 is 1.93 bits per heavy atom. The number of hydrogen-bond acceptors (Lipinski definition) is 1. The van der Waals surface area contributed by atoms with E-state index in [2.05, 4.69) is 6.58 Å². The summed E-state index contributed by atoms with van der Waals surface area (Å²) in [6.45, 7) is 3.96. The summed E-state index contributed by atoms with van der Waals surface area (Å²) in [5, 5.41) is 0. The van der Waals surface area contributed by atoms with Crippen molar-refractivity contribution in [2.24, 2.45) is 0 Å². The molecule has 0 aromatic heterocycles. The Balaban J connectivity index is 2.59. The second-order valence-electron chi connectivity index (χ2n) is 2.81. The molecule has 0 aliphatic carbocycles. The first kappa shape index (κ1) is 10.3. The maximum Gasteiger partial charge on any atom is 0.0824 e. The van der Waals surface area contributed by atoms with Crippen LogP contribution in [0.2, 0.25) is 0 Å². The van der Waals surface area contributed by atoms with Gasteiger partial charge in [-0.3, -0.25) is 0 Å². The Kier molecular flexibility index (Phi) is 4.29. The van der Waals surface area contributed by atoms with E-state index in [0.717, 1.165) is 11.1 Å². The van der Waals surface area contributed by atoms with E-state index in [4.69, 9.17) is 4.74 Å². The summed E-state index contributed by atoms with van der Waals surface area (Å²) in [5.74, 6) is 0. The monoisotopic (exact) mass is 186 g/mol. The number of rotatable bonds is 4. The SMILES string of the molecule is C=C(/C=C\C=C/OC)c1ccccc1.